The van der Waals surface area contributed by atoms with Crippen LogP contribution >= 0.6 is 0 Å². The van der Waals surface area contributed by atoms with E-state index in [-0.39, 0.29) is 0 Å². The number of pyridine rings is 1. The molecule has 0 saturated carbocycles. The van der Waals surface area contributed by atoms with E-state index in [9.17, 15) is 0 Å². The van der Waals surface area contributed by atoms with Gasteiger partial charge in [-0.1, -0.05) is 136 Å². The summed E-state index contributed by atoms with van der Waals surface area (Å²) in [5.41, 5.74) is 5.64. The topological polar surface area (TPSA) is 12.9 Å². The fraction of sp³-hybridized carbons (Fsp3) is 0.258. The molecule has 1 aromatic heterocycles. The number of nitrogens with zero attached hydrogens (tertiary/aromatic N) is 1. The molecule has 4 aromatic rings. The van der Waals surface area contributed by atoms with Crippen molar-refractivity contribution >= 4 is 16.1 Å². The van der Waals surface area contributed by atoms with Crippen molar-refractivity contribution < 1.29 is 0 Å². The smallest absolute Gasteiger partial charge is 0.0873 e. The number of aromatic nitrogens is 1. The minimum atomic E-state index is -1.48. The van der Waals surface area contributed by atoms with Crippen LogP contribution in [0.5, 0.6) is 0 Å². The molecule has 3 aromatic carbocycles. The van der Waals surface area contributed by atoms with Crippen LogP contribution in [0.2, 0.25) is 39.3 Å². The molecule has 0 N–H and O–H groups in total. The Kier molecular flexibility index (Phi) is 6.79. The number of hydrogen-bond donors (Lipinski definition) is 0. The van der Waals surface area contributed by atoms with Gasteiger partial charge in [-0.15, -0.1) is 0 Å². The van der Waals surface area contributed by atoms with E-state index < -0.39 is 21.6 Å². The highest BCUT2D eigenvalue weighted by atomic mass is 28.4. The summed E-state index contributed by atoms with van der Waals surface area (Å²) in [4.78, 5) is 5.58. The third-order valence-corrected chi connectivity index (χ3v) is 16.1. The van der Waals surface area contributed by atoms with Crippen molar-refractivity contribution in [3.63, 3.8) is 0 Å². The molecule has 174 valence electrons. The van der Waals surface area contributed by atoms with Crippen LogP contribution in [0.15, 0.2) is 109 Å². The van der Waals surface area contributed by atoms with Crippen LogP contribution in [0.1, 0.15) is 33.2 Å². The normalized spacial score (nSPS) is 12.7. The largest absolute Gasteiger partial charge is 0.257 e. The van der Waals surface area contributed by atoms with Crippen molar-refractivity contribution in [3.8, 4) is 0 Å². The standard InChI is InChI=1S/C31H37NSi2/c1-33(2,3)30(34(4,5)6)28-23-16-24-29(32-28)31(25-17-10-7-11-18-25,26-19-12-8-13-20-26)27-21-14-9-15-22-27/h7-24,30H,1-6H3. The minimum Gasteiger partial charge on any atom is -0.257 e. The fourth-order valence-electron chi connectivity index (χ4n) is 6.02. The number of benzene rings is 3. The highest BCUT2D eigenvalue weighted by Crippen LogP contribution is 2.45. The average Bonchev–Trinajstić information content (AvgIpc) is 2.80. The van der Waals surface area contributed by atoms with E-state index >= 15 is 0 Å². The van der Waals surface area contributed by atoms with Crippen molar-refractivity contribution in [2.45, 2.75) is 49.9 Å². The van der Waals surface area contributed by atoms with Gasteiger partial charge in [-0.3, -0.25) is 4.98 Å². The molecule has 34 heavy (non-hydrogen) atoms. The Morgan fingerprint density at radius 3 is 1.24 bits per heavy atom. The first-order valence-corrected chi connectivity index (χ1v) is 19.4. The maximum atomic E-state index is 5.58. The van der Waals surface area contributed by atoms with Gasteiger partial charge in [-0.2, -0.15) is 0 Å². The monoisotopic (exact) mass is 479 g/mol. The molecule has 0 unspecified atom stereocenters. The summed E-state index contributed by atoms with van der Waals surface area (Å²) in [5.74, 6) is 0. The van der Waals surface area contributed by atoms with Gasteiger partial charge in [0.1, 0.15) is 0 Å². The highest BCUT2D eigenvalue weighted by Gasteiger charge is 2.43. The third kappa shape index (κ3) is 4.60. The van der Waals surface area contributed by atoms with Crippen molar-refractivity contribution in [1.82, 2.24) is 4.98 Å². The number of hydrogen-bond acceptors (Lipinski definition) is 1. The van der Waals surface area contributed by atoms with Gasteiger partial charge in [-0.05, 0) is 34.0 Å². The Balaban J connectivity index is 2.08. The summed E-state index contributed by atoms with van der Waals surface area (Å²) in [7, 11) is -2.97. The Bertz CT molecular complexity index is 1100. The predicted molar refractivity (Wildman–Crippen MR) is 152 cm³/mol. The van der Waals surface area contributed by atoms with Gasteiger partial charge in [0.25, 0.3) is 0 Å². The van der Waals surface area contributed by atoms with Crippen LogP contribution in [0.3, 0.4) is 0 Å². The molecular formula is C31H37NSi2. The zero-order chi connectivity index (χ0) is 24.4. The van der Waals surface area contributed by atoms with E-state index in [2.05, 4.69) is 148 Å². The van der Waals surface area contributed by atoms with E-state index in [1.165, 1.54) is 22.4 Å². The number of rotatable bonds is 7. The Morgan fingerprint density at radius 2 is 0.882 bits per heavy atom. The molecule has 1 nitrogen and oxygen atoms in total. The summed E-state index contributed by atoms with van der Waals surface area (Å²) < 4.78 is 0. The van der Waals surface area contributed by atoms with Gasteiger partial charge in [0.05, 0.1) is 27.3 Å². The van der Waals surface area contributed by atoms with Crippen molar-refractivity contribution in [1.29, 1.82) is 0 Å². The fourth-order valence-corrected chi connectivity index (χ4v) is 18.5. The highest BCUT2D eigenvalue weighted by molar-refractivity contribution is 6.96. The Morgan fingerprint density at radius 1 is 0.500 bits per heavy atom. The second-order valence-corrected chi connectivity index (χ2v) is 22.7. The third-order valence-electron chi connectivity index (χ3n) is 6.80. The van der Waals surface area contributed by atoms with Crippen LogP contribution in [-0.4, -0.2) is 21.1 Å². The zero-order valence-electron chi connectivity index (χ0n) is 21.4. The van der Waals surface area contributed by atoms with E-state index in [0.717, 1.165) is 5.69 Å². The SMILES string of the molecule is C[Si](C)(C)C(c1cccc(C(c2ccccc2)(c2ccccc2)c2ccccc2)n1)[Si](C)(C)C. The molecule has 4 rings (SSSR count). The van der Waals surface area contributed by atoms with Crippen LogP contribution in [0.4, 0.5) is 0 Å². The lowest BCUT2D eigenvalue weighted by Gasteiger charge is -2.40. The lowest BCUT2D eigenvalue weighted by molar-refractivity contribution is 0.708. The summed E-state index contributed by atoms with van der Waals surface area (Å²) in [6, 6.07) is 39.5. The van der Waals surface area contributed by atoms with E-state index in [4.69, 9.17) is 4.98 Å². The molecule has 3 heteroatoms. The van der Waals surface area contributed by atoms with E-state index in [1.807, 2.05) is 0 Å². The van der Waals surface area contributed by atoms with Crippen LogP contribution < -0.4 is 0 Å². The molecule has 0 bridgehead atoms. The minimum absolute atomic E-state index is 0.483. The van der Waals surface area contributed by atoms with Crippen molar-refractivity contribution in [3.05, 3.63) is 137 Å². The summed E-state index contributed by atoms with van der Waals surface area (Å²) in [5, 5.41) is 0.583. The van der Waals surface area contributed by atoms with Crippen LogP contribution in [-0.2, 0) is 5.41 Å². The van der Waals surface area contributed by atoms with Gasteiger partial charge >= 0.3 is 0 Å². The zero-order valence-corrected chi connectivity index (χ0v) is 23.4. The molecule has 0 amide bonds. The van der Waals surface area contributed by atoms with Crippen molar-refractivity contribution in [2.24, 2.45) is 0 Å². The second-order valence-electron chi connectivity index (χ2n) is 11.5. The maximum Gasteiger partial charge on any atom is 0.0873 e. The molecule has 0 aliphatic rings. The van der Waals surface area contributed by atoms with Gasteiger partial charge in [0.15, 0.2) is 0 Å². The maximum absolute atomic E-state index is 5.58. The second kappa shape index (κ2) is 9.48. The molecule has 0 aliphatic heterocycles. The molecule has 0 saturated heterocycles. The molecule has 0 spiro atoms. The van der Waals surface area contributed by atoms with Crippen LogP contribution in [0.25, 0.3) is 0 Å². The Hall–Kier alpha value is -2.76. The summed E-state index contributed by atoms with van der Waals surface area (Å²) in [6.45, 7) is 15.0. The lowest BCUT2D eigenvalue weighted by atomic mass is 9.67. The first-order valence-electron chi connectivity index (χ1n) is 12.3. The molecule has 1 heterocycles. The first kappa shape index (κ1) is 24.4. The molecule has 0 radical (unpaired) electrons. The average molecular weight is 480 g/mol. The quantitative estimate of drug-likeness (QED) is 0.192. The molecule has 0 fully saturated rings. The Labute approximate surface area is 208 Å². The molecule has 0 aliphatic carbocycles. The lowest BCUT2D eigenvalue weighted by Crippen LogP contribution is -2.47. The van der Waals surface area contributed by atoms with Crippen LogP contribution in [0, 0.1) is 0 Å². The molecular weight excluding hydrogens is 443 g/mol. The first-order chi connectivity index (χ1) is 16.1. The summed E-state index contributed by atoms with van der Waals surface area (Å²) >= 11 is 0. The summed E-state index contributed by atoms with van der Waals surface area (Å²) in [6.07, 6.45) is 0. The van der Waals surface area contributed by atoms with Gasteiger partial charge in [-0.25, -0.2) is 0 Å². The van der Waals surface area contributed by atoms with E-state index in [1.54, 1.807) is 0 Å². The van der Waals surface area contributed by atoms with Gasteiger partial charge in [0.2, 0.25) is 0 Å². The van der Waals surface area contributed by atoms with Crippen molar-refractivity contribution in [2.75, 3.05) is 0 Å². The molecule has 0 atom stereocenters. The van der Waals surface area contributed by atoms with Gasteiger partial charge < -0.3 is 0 Å². The van der Waals surface area contributed by atoms with Gasteiger partial charge in [0, 0.05) is 5.69 Å². The van der Waals surface area contributed by atoms with E-state index in [0.29, 0.717) is 5.16 Å². The predicted octanol–water partition coefficient (Wildman–Crippen LogP) is 8.30.